The molecule has 3 N–H and O–H groups in total. The summed E-state index contributed by atoms with van der Waals surface area (Å²) >= 11 is 0. The van der Waals surface area contributed by atoms with Gasteiger partial charge in [-0.3, -0.25) is 0 Å². The number of nitrogens with one attached hydrogen (secondary N) is 2. The Morgan fingerprint density at radius 3 is 2.02 bits per heavy atom. The summed E-state index contributed by atoms with van der Waals surface area (Å²) in [4.78, 5) is 23.3. The molecular formula is C28H22N6Na2O8S. The number of carbonyl (C=O) groups excluding carboxylic acids is 2. The molecule has 17 heteroatoms. The number of ether oxygens (including phenoxy) is 1. The molecule has 0 saturated carbocycles. The van der Waals surface area contributed by atoms with Crippen molar-refractivity contribution in [1.29, 1.82) is 0 Å². The molecule has 0 spiro atoms. The SMILES string of the molecule is COc1cc(N=Nc2cccc(S(=O)(=O)[O-])c2)ccc1NC(=O)Nc1ccc(N=Nc2cc(C)c(O)c(C(=O)[O-])c2)cc1.[Na+].[Na+]. The smallest absolute Gasteiger partial charge is 0.744 e. The average molecular weight is 649 g/mol. The van der Waals surface area contributed by atoms with Crippen LogP contribution in [0.4, 0.5) is 38.9 Å². The number of anilines is 2. The van der Waals surface area contributed by atoms with Gasteiger partial charge in [-0.2, -0.15) is 20.5 Å². The fraction of sp³-hybridized carbons (Fsp3) is 0.0714. The normalized spacial score (nSPS) is 11.0. The van der Waals surface area contributed by atoms with Crippen molar-refractivity contribution in [2.75, 3.05) is 17.7 Å². The van der Waals surface area contributed by atoms with Gasteiger partial charge in [0.2, 0.25) is 0 Å². The predicted molar refractivity (Wildman–Crippen MR) is 152 cm³/mol. The molecule has 220 valence electrons. The number of aryl methyl sites for hydroxylation is 1. The van der Waals surface area contributed by atoms with E-state index in [1.807, 2.05) is 0 Å². The van der Waals surface area contributed by atoms with Crippen LogP contribution in [0.2, 0.25) is 0 Å². The molecule has 4 rings (SSSR count). The first kappa shape index (κ1) is 37.5. The van der Waals surface area contributed by atoms with Gasteiger partial charge in [0.25, 0.3) is 0 Å². The average Bonchev–Trinajstić information content (AvgIpc) is 2.97. The number of phenols is 1. The zero-order valence-corrected chi connectivity index (χ0v) is 29.3. The molecule has 0 atom stereocenters. The van der Waals surface area contributed by atoms with Crippen molar-refractivity contribution in [2.45, 2.75) is 11.8 Å². The Morgan fingerprint density at radius 1 is 0.800 bits per heavy atom. The van der Waals surface area contributed by atoms with Gasteiger partial charge >= 0.3 is 65.1 Å². The van der Waals surface area contributed by atoms with Gasteiger partial charge in [0.1, 0.15) is 21.6 Å². The first-order valence-corrected chi connectivity index (χ1v) is 13.6. The van der Waals surface area contributed by atoms with E-state index in [0.29, 0.717) is 28.3 Å². The van der Waals surface area contributed by atoms with Crippen LogP contribution in [0.1, 0.15) is 15.9 Å². The van der Waals surface area contributed by atoms with Crippen LogP contribution in [0.15, 0.2) is 104 Å². The first-order valence-electron chi connectivity index (χ1n) is 12.2. The van der Waals surface area contributed by atoms with E-state index in [9.17, 15) is 32.8 Å². The van der Waals surface area contributed by atoms with E-state index < -0.39 is 38.3 Å². The molecule has 0 aliphatic rings. The number of aromatic hydroxyl groups is 1. The maximum Gasteiger partial charge on any atom is 1.00 e. The van der Waals surface area contributed by atoms with E-state index in [2.05, 4.69) is 31.1 Å². The number of hydrogen-bond acceptors (Lipinski definition) is 12. The Labute approximate surface area is 302 Å². The van der Waals surface area contributed by atoms with Crippen molar-refractivity contribution in [3.05, 3.63) is 90.0 Å². The number of amides is 2. The van der Waals surface area contributed by atoms with Crippen molar-refractivity contribution in [2.24, 2.45) is 20.5 Å². The number of benzene rings is 4. The molecule has 0 aliphatic heterocycles. The number of nitrogens with zero attached hydrogens (tertiary/aromatic N) is 4. The number of rotatable bonds is 9. The molecule has 14 nitrogen and oxygen atoms in total. The fourth-order valence-corrected chi connectivity index (χ4v) is 4.16. The number of urea groups is 1. The minimum atomic E-state index is -4.63. The maximum absolute atomic E-state index is 12.6. The first-order chi connectivity index (χ1) is 20.4. The molecule has 0 aliphatic carbocycles. The summed E-state index contributed by atoms with van der Waals surface area (Å²) < 4.78 is 38.9. The number of methoxy groups -OCH3 is 1. The van der Waals surface area contributed by atoms with E-state index in [1.165, 1.54) is 44.4 Å². The van der Waals surface area contributed by atoms with E-state index in [-0.39, 0.29) is 76.2 Å². The second-order valence-electron chi connectivity index (χ2n) is 8.81. The number of hydrogen-bond donors (Lipinski definition) is 3. The molecule has 4 aromatic rings. The summed E-state index contributed by atoms with van der Waals surface area (Å²) in [7, 11) is -3.24. The summed E-state index contributed by atoms with van der Waals surface area (Å²) in [6, 6.07) is 18.0. The van der Waals surface area contributed by atoms with Crippen molar-refractivity contribution < 1.29 is 96.6 Å². The molecule has 0 saturated heterocycles. The third-order valence-corrected chi connectivity index (χ3v) is 6.56. The topological polar surface area (TPSA) is 217 Å². The zero-order chi connectivity index (χ0) is 31.1. The monoisotopic (exact) mass is 648 g/mol. The number of aromatic carboxylic acids is 1. The van der Waals surface area contributed by atoms with Gasteiger partial charge in [-0.05, 0) is 79.2 Å². The molecule has 0 bridgehead atoms. The third-order valence-electron chi connectivity index (χ3n) is 5.73. The summed E-state index contributed by atoms with van der Waals surface area (Å²) in [6.45, 7) is 1.53. The van der Waals surface area contributed by atoms with Crippen LogP contribution in [0, 0.1) is 6.92 Å². The molecule has 2 amide bonds. The Hall–Kier alpha value is -3.67. The Kier molecular flexibility index (Phi) is 13.8. The van der Waals surface area contributed by atoms with Crippen molar-refractivity contribution in [3.8, 4) is 11.5 Å². The minimum Gasteiger partial charge on any atom is -0.744 e. The van der Waals surface area contributed by atoms with Crippen LogP contribution >= 0.6 is 0 Å². The minimum absolute atomic E-state index is 0. The summed E-state index contributed by atoms with van der Waals surface area (Å²) in [6.07, 6.45) is 0. The summed E-state index contributed by atoms with van der Waals surface area (Å²) in [5.74, 6) is -1.66. The molecule has 0 radical (unpaired) electrons. The van der Waals surface area contributed by atoms with E-state index >= 15 is 0 Å². The standard InChI is InChI=1S/C28H24N6O8S.2Na/c1-16-12-21(14-23(26(16)35)27(36)37)34-31-18-8-6-17(7-9-18)29-28(38)30-24-11-10-20(15-25(24)42-2)33-32-19-4-3-5-22(13-19)43(39,40)41;;/h3-15,35H,1-2H3,(H,36,37)(H2,29,30,38)(H,39,40,41);;/q;2*+1/p-2. The second-order valence-corrected chi connectivity index (χ2v) is 10.2. The van der Waals surface area contributed by atoms with Gasteiger partial charge < -0.3 is 34.9 Å². The largest absolute Gasteiger partial charge is 1.00 e. The predicted octanol–water partition coefficient (Wildman–Crippen LogP) is -0.540. The van der Waals surface area contributed by atoms with Gasteiger partial charge in [-0.15, -0.1) is 0 Å². The van der Waals surface area contributed by atoms with Gasteiger partial charge in [0.05, 0.1) is 46.4 Å². The molecule has 0 heterocycles. The Balaban J connectivity index is 0.00000353. The zero-order valence-electron chi connectivity index (χ0n) is 24.5. The molecular weight excluding hydrogens is 626 g/mol. The molecule has 0 unspecified atom stereocenters. The molecule has 0 aromatic heterocycles. The number of carboxylic acid groups (broad SMARTS) is 1. The Bertz CT molecular complexity index is 1870. The second kappa shape index (κ2) is 16.6. The van der Waals surface area contributed by atoms with Gasteiger partial charge in [0, 0.05) is 17.3 Å². The van der Waals surface area contributed by atoms with E-state index in [0.717, 1.165) is 18.2 Å². The van der Waals surface area contributed by atoms with Gasteiger partial charge in [-0.25, -0.2) is 13.2 Å². The van der Waals surface area contributed by atoms with Crippen molar-refractivity contribution >= 4 is 56.2 Å². The van der Waals surface area contributed by atoms with Crippen LogP contribution in [0.5, 0.6) is 11.5 Å². The fourth-order valence-electron chi connectivity index (χ4n) is 3.65. The van der Waals surface area contributed by atoms with Crippen molar-refractivity contribution in [1.82, 2.24) is 0 Å². The number of carbonyl (C=O) groups is 2. The van der Waals surface area contributed by atoms with Crippen LogP contribution in [0.3, 0.4) is 0 Å². The van der Waals surface area contributed by atoms with Gasteiger partial charge in [-0.1, -0.05) is 6.07 Å². The molecule has 4 aromatic carbocycles. The Morgan fingerprint density at radius 2 is 1.40 bits per heavy atom. The molecule has 0 fully saturated rings. The van der Waals surface area contributed by atoms with Crippen LogP contribution in [0.25, 0.3) is 0 Å². The summed E-state index contributed by atoms with van der Waals surface area (Å²) in [5.41, 5.74) is 1.79. The quantitative estimate of drug-likeness (QED) is 0.121. The van der Waals surface area contributed by atoms with Crippen LogP contribution < -0.4 is 79.6 Å². The van der Waals surface area contributed by atoms with E-state index in [4.69, 9.17) is 4.74 Å². The third kappa shape index (κ3) is 10.4. The molecule has 45 heavy (non-hydrogen) atoms. The van der Waals surface area contributed by atoms with Crippen LogP contribution in [-0.2, 0) is 10.1 Å². The van der Waals surface area contributed by atoms with Crippen molar-refractivity contribution in [3.63, 3.8) is 0 Å². The summed E-state index contributed by atoms with van der Waals surface area (Å²) in [5, 5.41) is 42.3. The van der Waals surface area contributed by atoms with Gasteiger partial charge in [0.15, 0.2) is 0 Å². The van der Waals surface area contributed by atoms with Crippen LogP contribution in [-0.4, -0.2) is 37.2 Å². The van der Waals surface area contributed by atoms with E-state index in [1.54, 1.807) is 30.3 Å². The maximum atomic E-state index is 12.6. The number of carboxylic acids is 1. The number of azo groups is 2.